The molecular weight excluding hydrogens is 201 g/mol. The quantitative estimate of drug-likeness (QED) is 0.409. The molecule has 0 saturated carbocycles. The van der Waals surface area contributed by atoms with Crippen LogP contribution in [0.3, 0.4) is 0 Å². The fourth-order valence-corrected chi connectivity index (χ4v) is 0.544. The van der Waals surface area contributed by atoms with Gasteiger partial charge in [-0.15, -0.1) is 6.58 Å². The van der Waals surface area contributed by atoms with Crippen LogP contribution >= 0.6 is 0 Å². The molecule has 1 heterocycles. The van der Waals surface area contributed by atoms with E-state index < -0.39 is 0 Å². The summed E-state index contributed by atoms with van der Waals surface area (Å²) in [6.07, 6.45) is 7.26. The Kier molecular flexibility index (Phi) is 8.74. The first kappa shape index (κ1) is 12.5. The first-order valence-electron chi connectivity index (χ1n) is 2.50. The largest absolute Gasteiger partial charge is 2.00 e. The van der Waals surface area contributed by atoms with Gasteiger partial charge in [-0.3, -0.25) is 0 Å². The van der Waals surface area contributed by atoms with Crippen LogP contribution in [0.4, 0.5) is 0 Å². The van der Waals surface area contributed by atoms with Gasteiger partial charge in [0.1, 0.15) is 0 Å². The van der Waals surface area contributed by atoms with Gasteiger partial charge in [0.25, 0.3) is 0 Å². The van der Waals surface area contributed by atoms with E-state index in [1.54, 1.807) is 12.5 Å². The summed E-state index contributed by atoms with van der Waals surface area (Å²) >= 11 is 0. The zero-order valence-corrected chi connectivity index (χ0v) is 9.43. The number of aromatic nitrogens is 2. The van der Waals surface area contributed by atoms with Crippen molar-refractivity contribution in [3.63, 3.8) is 0 Å². The van der Waals surface area contributed by atoms with E-state index in [0.29, 0.717) is 0 Å². The summed E-state index contributed by atoms with van der Waals surface area (Å²) in [6.45, 7) is 4.43. The van der Waals surface area contributed by atoms with Crippen LogP contribution in [0.25, 0.3) is 0 Å². The van der Waals surface area contributed by atoms with Crippen molar-refractivity contribution in [2.75, 3.05) is 0 Å². The Bertz CT molecular complexity index is 162. The zero-order chi connectivity index (χ0) is 5.82. The topological polar surface area (TPSA) is 17.8 Å². The summed E-state index contributed by atoms with van der Waals surface area (Å²) in [7, 11) is 0. The Morgan fingerprint density at radius 2 is 2.30 bits per heavy atom. The van der Waals surface area contributed by atoms with Gasteiger partial charge < -0.3 is 17.0 Å². The Morgan fingerprint density at radius 1 is 1.60 bits per heavy atom. The van der Waals surface area contributed by atoms with Gasteiger partial charge in [-0.1, -0.05) is 6.08 Å². The van der Waals surface area contributed by atoms with Crippen LogP contribution in [0.15, 0.2) is 31.4 Å². The molecule has 0 radical (unpaired) electrons. The monoisotopic (exact) mass is 207 g/mol. The third-order valence-corrected chi connectivity index (χ3v) is 0.899. The molecule has 0 saturated heterocycles. The summed E-state index contributed by atoms with van der Waals surface area (Å²) in [6, 6.07) is 0. The Labute approximate surface area is 79.5 Å². The second-order valence-electron chi connectivity index (χ2n) is 1.55. The van der Waals surface area contributed by atoms with Crippen molar-refractivity contribution in [2.24, 2.45) is 0 Å². The molecule has 0 aliphatic carbocycles. The van der Waals surface area contributed by atoms with Crippen LogP contribution in [0.2, 0.25) is 0 Å². The van der Waals surface area contributed by atoms with Gasteiger partial charge in [0.2, 0.25) is 0 Å². The predicted octanol–water partition coefficient (Wildman–Crippen LogP) is -1.93. The van der Waals surface area contributed by atoms with Gasteiger partial charge in [0.15, 0.2) is 0 Å². The molecule has 50 valence electrons. The minimum atomic E-state index is 0. The molecule has 0 amide bonds. The molecule has 0 aromatic carbocycles. The van der Waals surface area contributed by atoms with E-state index >= 15 is 0 Å². The summed E-state index contributed by atoms with van der Waals surface area (Å²) in [5.74, 6) is 0. The molecular formula is C6H8ClN2Zn+. The van der Waals surface area contributed by atoms with E-state index in [0.717, 1.165) is 6.54 Å². The maximum absolute atomic E-state index is 3.86. The summed E-state index contributed by atoms with van der Waals surface area (Å²) in [4.78, 5) is 3.86. The maximum atomic E-state index is 3.86. The van der Waals surface area contributed by atoms with E-state index in [1.165, 1.54) is 0 Å². The van der Waals surface area contributed by atoms with Crippen LogP contribution in [-0.4, -0.2) is 9.55 Å². The molecule has 0 spiro atoms. The molecule has 0 aliphatic heterocycles. The number of hydrogen-bond acceptors (Lipinski definition) is 1. The first-order chi connectivity index (χ1) is 3.93. The van der Waals surface area contributed by atoms with Gasteiger partial charge in [-0.2, -0.15) is 0 Å². The predicted molar refractivity (Wildman–Crippen MR) is 32.4 cm³/mol. The van der Waals surface area contributed by atoms with Crippen LogP contribution in [0, 0.1) is 0 Å². The minimum absolute atomic E-state index is 0. The Morgan fingerprint density at radius 3 is 2.70 bits per heavy atom. The molecule has 0 fully saturated rings. The van der Waals surface area contributed by atoms with Crippen molar-refractivity contribution in [1.29, 1.82) is 0 Å². The third kappa shape index (κ3) is 3.81. The van der Waals surface area contributed by atoms with E-state index in [1.807, 2.05) is 16.8 Å². The first-order valence-corrected chi connectivity index (χ1v) is 2.50. The van der Waals surface area contributed by atoms with Gasteiger partial charge >= 0.3 is 19.5 Å². The minimum Gasteiger partial charge on any atom is -1.00 e. The van der Waals surface area contributed by atoms with Crippen molar-refractivity contribution in [3.05, 3.63) is 31.4 Å². The molecule has 1 rings (SSSR count). The van der Waals surface area contributed by atoms with Crippen LogP contribution in [0.5, 0.6) is 0 Å². The molecule has 0 atom stereocenters. The standard InChI is InChI=1S/C6H8N2.ClH.Zn/c1-2-4-8-5-3-7-6-8;;/h2-3,5-6H,1,4H2;1H;/q;;+2/p-1. The van der Waals surface area contributed by atoms with E-state index in [4.69, 9.17) is 0 Å². The van der Waals surface area contributed by atoms with Crippen LogP contribution < -0.4 is 12.4 Å². The van der Waals surface area contributed by atoms with Crippen LogP contribution in [-0.2, 0) is 26.0 Å². The van der Waals surface area contributed by atoms with E-state index in [2.05, 4.69) is 11.6 Å². The van der Waals surface area contributed by atoms with E-state index in [9.17, 15) is 0 Å². The van der Waals surface area contributed by atoms with Crippen molar-refractivity contribution >= 4 is 0 Å². The normalized spacial score (nSPS) is 7.20. The molecule has 0 aliphatic rings. The average molecular weight is 209 g/mol. The fraction of sp³-hybridized carbons (Fsp3) is 0.167. The van der Waals surface area contributed by atoms with Gasteiger partial charge in [0.05, 0.1) is 6.33 Å². The number of rotatable bonds is 2. The molecule has 10 heavy (non-hydrogen) atoms. The maximum Gasteiger partial charge on any atom is 2.00 e. The number of hydrogen-bond donors (Lipinski definition) is 0. The van der Waals surface area contributed by atoms with Crippen molar-refractivity contribution in [2.45, 2.75) is 6.54 Å². The smallest absolute Gasteiger partial charge is 1.00 e. The zero-order valence-electron chi connectivity index (χ0n) is 5.70. The summed E-state index contributed by atoms with van der Waals surface area (Å²) in [5.41, 5.74) is 0. The average Bonchev–Trinajstić information content (AvgIpc) is 2.19. The van der Waals surface area contributed by atoms with E-state index in [-0.39, 0.29) is 31.9 Å². The number of nitrogens with zero attached hydrogens (tertiary/aromatic N) is 2. The van der Waals surface area contributed by atoms with Crippen LogP contribution in [0.1, 0.15) is 0 Å². The Balaban J connectivity index is 0. The summed E-state index contributed by atoms with van der Waals surface area (Å²) in [5, 5.41) is 0. The second-order valence-corrected chi connectivity index (χ2v) is 1.55. The molecule has 0 unspecified atom stereocenters. The molecule has 0 N–H and O–H groups in total. The Hall–Kier alpha value is -0.137. The molecule has 4 heteroatoms. The number of halogens is 1. The molecule has 2 nitrogen and oxygen atoms in total. The number of imidazole rings is 1. The number of allylic oxidation sites excluding steroid dienone is 1. The van der Waals surface area contributed by atoms with Gasteiger partial charge in [-0.25, -0.2) is 4.98 Å². The fourth-order valence-electron chi connectivity index (χ4n) is 0.544. The van der Waals surface area contributed by atoms with Crippen molar-refractivity contribution in [1.82, 2.24) is 9.55 Å². The SMILES string of the molecule is C=CCn1ccnc1.[Cl-].[Zn+2]. The van der Waals surface area contributed by atoms with Crippen molar-refractivity contribution in [3.8, 4) is 0 Å². The molecule has 1 aromatic rings. The van der Waals surface area contributed by atoms with Gasteiger partial charge in [0, 0.05) is 18.9 Å². The van der Waals surface area contributed by atoms with Crippen molar-refractivity contribution < 1.29 is 31.9 Å². The second kappa shape index (κ2) is 6.98. The third-order valence-electron chi connectivity index (χ3n) is 0.899. The summed E-state index contributed by atoms with van der Waals surface area (Å²) < 4.78 is 1.95. The van der Waals surface area contributed by atoms with Gasteiger partial charge in [-0.05, 0) is 0 Å². The molecule has 0 bridgehead atoms. The molecule has 1 aromatic heterocycles.